The van der Waals surface area contributed by atoms with Crippen molar-refractivity contribution in [3.63, 3.8) is 0 Å². The molecule has 234 valence electrons. The number of primary amides is 1. The number of aliphatic hydroxyl groups excluding tert-OH is 1. The zero-order valence-corrected chi connectivity index (χ0v) is 26.4. The van der Waals surface area contributed by atoms with E-state index in [1.54, 1.807) is 13.8 Å². The number of amides is 1. The summed E-state index contributed by atoms with van der Waals surface area (Å²) in [5, 5.41) is 10.2. The largest absolute Gasteiger partial charge is 0.491 e. The van der Waals surface area contributed by atoms with Crippen molar-refractivity contribution in [2.75, 3.05) is 6.61 Å². The number of carbonyl (C=O) groups is 2. The molecule has 1 aliphatic carbocycles. The third-order valence-corrected chi connectivity index (χ3v) is 9.11. The molecule has 1 atom stereocenters. The molecular weight excluding hydrogens is 574 g/mol. The number of para-hydroxylation sites is 1. The second-order valence-corrected chi connectivity index (χ2v) is 12.7. The average Bonchev–Trinajstić information content (AvgIpc) is 3.29. The summed E-state index contributed by atoms with van der Waals surface area (Å²) in [5.41, 5.74) is 3.59. The first-order chi connectivity index (χ1) is 20.3. The maximum atomic E-state index is 14.2. The lowest BCUT2D eigenvalue weighted by molar-refractivity contribution is -0.125. The Kier molecular flexibility index (Phi) is 9.83. The van der Waals surface area contributed by atoms with Gasteiger partial charge in [-0.1, -0.05) is 18.2 Å². The van der Waals surface area contributed by atoms with Gasteiger partial charge in [-0.05, 0) is 78.9 Å². The zero-order chi connectivity index (χ0) is 31.6. The number of carbonyl (C=O) groups excluding carboxylic acids is 2. The molecule has 1 fully saturated rings. The molecule has 0 bridgehead atoms. The van der Waals surface area contributed by atoms with Crippen LogP contribution in [-0.2, 0) is 26.4 Å². The number of fused-ring (bicyclic) bond motifs is 1. The Morgan fingerprint density at radius 2 is 1.79 bits per heavy atom. The van der Waals surface area contributed by atoms with Crippen LogP contribution in [0.25, 0.3) is 10.2 Å². The SMILES string of the molecule is CCOC(=O)c1sc2c(c1C)c(=O)n(C(C)(C)C(N)=O)c(=O)n2C[C@H](OC1CCC(O)CC1)c1ccccc1OC(C)C. The van der Waals surface area contributed by atoms with Crippen molar-refractivity contribution in [3.05, 3.63) is 61.1 Å². The summed E-state index contributed by atoms with van der Waals surface area (Å²) in [7, 11) is 0. The highest BCUT2D eigenvalue weighted by atomic mass is 32.1. The highest BCUT2D eigenvalue weighted by Crippen LogP contribution is 2.36. The number of esters is 1. The molecule has 0 unspecified atom stereocenters. The molecule has 1 saturated carbocycles. The molecular formula is C31H41N3O8S. The van der Waals surface area contributed by atoms with Gasteiger partial charge in [0.25, 0.3) is 5.56 Å². The molecule has 0 spiro atoms. The van der Waals surface area contributed by atoms with Gasteiger partial charge in [0.2, 0.25) is 5.91 Å². The number of aryl methyl sites for hydroxylation is 1. The Labute approximate surface area is 254 Å². The van der Waals surface area contributed by atoms with E-state index in [4.69, 9.17) is 19.9 Å². The van der Waals surface area contributed by atoms with Crippen LogP contribution in [0.5, 0.6) is 5.75 Å². The predicted octanol–water partition coefficient (Wildman–Crippen LogP) is 3.78. The van der Waals surface area contributed by atoms with Crippen LogP contribution < -0.4 is 21.7 Å². The van der Waals surface area contributed by atoms with Gasteiger partial charge in [0.05, 0.1) is 36.8 Å². The normalized spacial score (nSPS) is 18.1. The second kappa shape index (κ2) is 13.0. The smallest absolute Gasteiger partial charge is 0.348 e. The zero-order valence-electron chi connectivity index (χ0n) is 25.5. The van der Waals surface area contributed by atoms with Gasteiger partial charge in [-0.25, -0.2) is 14.2 Å². The summed E-state index contributed by atoms with van der Waals surface area (Å²) in [5.74, 6) is -0.882. The number of benzene rings is 1. The number of nitrogens with two attached hydrogens (primary N) is 1. The Morgan fingerprint density at radius 1 is 1.14 bits per heavy atom. The van der Waals surface area contributed by atoms with Crippen molar-refractivity contribution in [2.45, 2.75) is 104 Å². The molecule has 1 aromatic carbocycles. The topological polar surface area (TPSA) is 152 Å². The summed E-state index contributed by atoms with van der Waals surface area (Å²) >= 11 is 0.992. The van der Waals surface area contributed by atoms with E-state index in [9.17, 15) is 24.3 Å². The fraction of sp³-hybridized carbons (Fsp3) is 0.548. The van der Waals surface area contributed by atoms with Crippen LogP contribution in [0.4, 0.5) is 0 Å². The number of aromatic nitrogens is 2. The molecule has 4 rings (SSSR count). The van der Waals surface area contributed by atoms with Gasteiger partial charge in [0, 0.05) is 5.56 Å². The molecule has 0 saturated heterocycles. The van der Waals surface area contributed by atoms with Crippen molar-refractivity contribution < 1.29 is 28.9 Å². The quantitative estimate of drug-likeness (QED) is 0.309. The van der Waals surface area contributed by atoms with Gasteiger partial charge in [-0.3, -0.25) is 14.2 Å². The van der Waals surface area contributed by atoms with E-state index in [0.29, 0.717) is 42.6 Å². The molecule has 43 heavy (non-hydrogen) atoms. The van der Waals surface area contributed by atoms with E-state index in [-0.39, 0.29) is 46.6 Å². The van der Waals surface area contributed by atoms with Crippen molar-refractivity contribution in [2.24, 2.45) is 5.73 Å². The number of aliphatic hydroxyl groups is 1. The molecule has 0 aliphatic heterocycles. The number of hydrogen-bond acceptors (Lipinski definition) is 9. The minimum atomic E-state index is -1.67. The Hall–Kier alpha value is -3.48. The van der Waals surface area contributed by atoms with E-state index in [0.717, 1.165) is 15.9 Å². The van der Waals surface area contributed by atoms with Crippen LogP contribution in [0, 0.1) is 6.92 Å². The summed E-state index contributed by atoms with van der Waals surface area (Å²) in [6.07, 6.45) is 1.03. The lowest BCUT2D eigenvalue weighted by Crippen LogP contribution is -2.54. The molecule has 3 aromatic rings. The summed E-state index contributed by atoms with van der Waals surface area (Å²) < 4.78 is 20.3. The van der Waals surface area contributed by atoms with Crippen molar-refractivity contribution >= 4 is 33.4 Å². The van der Waals surface area contributed by atoms with Crippen LogP contribution >= 0.6 is 11.3 Å². The molecule has 12 heteroatoms. The van der Waals surface area contributed by atoms with Crippen LogP contribution in [0.2, 0.25) is 0 Å². The van der Waals surface area contributed by atoms with E-state index < -0.39 is 34.8 Å². The average molecular weight is 616 g/mol. The van der Waals surface area contributed by atoms with E-state index in [2.05, 4.69) is 0 Å². The molecule has 2 heterocycles. The van der Waals surface area contributed by atoms with Crippen LogP contribution in [-0.4, -0.2) is 51.0 Å². The summed E-state index contributed by atoms with van der Waals surface area (Å²) in [6, 6.07) is 7.41. The number of rotatable bonds is 11. The minimum Gasteiger partial charge on any atom is -0.491 e. The monoisotopic (exact) mass is 615 g/mol. The summed E-state index contributed by atoms with van der Waals surface area (Å²) in [6.45, 7) is 10.0. The first-order valence-electron chi connectivity index (χ1n) is 14.6. The third-order valence-electron chi connectivity index (χ3n) is 7.81. The van der Waals surface area contributed by atoms with Gasteiger partial charge >= 0.3 is 11.7 Å². The first-order valence-corrected chi connectivity index (χ1v) is 15.4. The highest BCUT2D eigenvalue weighted by Gasteiger charge is 2.35. The van der Waals surface area contributed by atoms with Gasteiger partial charge in [-0.15, -0.1) is 11.3 Å². The van der Waals surface area contributed by atoms with Crippen LogP contribution in [0.1, 0.15) is 87.2 Å². The van der Waals surface area contributed by atoms with Gasteiger partial charge in [-0.2, -0.15) is 0 Å². The van der Waals surface area contributed by atoms with Gasteiger partial charge in [0.15, 0.2) is 0 Å². The Bertz CT molecular complexity index is 1610. The molecule has 11 nitrogen and oxygen atoms in total. The minimum absolute atomic E-state index is 0.0514. The van der Waals surface area contributed by atoms with Crippen LogP contribution in [0.15, 0.2) is 33.9 Å². The van der Waals surface area contributed by atoms with Crippen LogP contribution in [0.3, 0.4) is 0 Å². The molecule has 1 amide bonds. The standard InChI is InChI=1S/C31H41N3O8S/c1-7-40-28(37)25-18(4)24-26(36)34(31(5,6)29(32)38)30(39)33(27(24)43-25)16-23(42-20-14-12-19(35)13-15-20)21-10-8-9-11-22(21)41-17(2)3/h8-11,17,19-20,23,35H,7,12-16H2,1-6H3,(H2,32,38)/t19?,20?,23-/m0/s1. The van der Waals surface area contributed by atoms with Crippen molar-refractivity contribution in [1.29, 1.82) is 0 Å². The van der Waals surface area contributed by atoms with Crippen molar-refractivity contribution in [1.82, 2.24) is 9.13 Å². The van der Waals surface area contributed by atoms with E-state index in [1.807, 2.05) is 38.1 Å². The maximum Gasteiger partial charge on any atom is 0.348 e. The number of hydrogen-bond donors (Lipinski definition) is 2. The fourth-order valence-corrected chi connectivity index (χ4v) is 6.60. The molecule has 3 N–H and O–H groups in total. The number of nitrogens with zero attached hydrogens (tertiary/aromatic N) is 2. The first kappa shape index (κ1) is 32.4. The number of thiophene rings is 1. The van der Waals surface area contributed by atoms with Crippen molar-refractivity contribution in [3.8, 4) is 5.75 Å². The van der Waals surface area contributed by atoms with E-state index >= 15 is 0 Å². The third kappa shape index (κ3) is 6.56. The molecule has 0 radical (unpaired) electrons. The Morgan fingerprint density at radius 3 is 2.40 bits per heavy atom. The Balaban J connectivity index is 1.98. The molecule has 2 aromatic heterocycles. The highest BCUT2D eigenvalue weighted by molar-refractivity contribution is 7.20. The summed E-state index contributed by atoms with van der Waals surface area (Å²) in [4.78, 5) is 53.9. The second-order valence-electron chi connectivity index (χ2n) is 11.7. The predicted molar refractivity (Wildman–Crippen MR) is 164 cm³/mol. The lowest BCUT2D eigenvalue weighted by atomic mass is 9.94. The van der Waals surface area contributed by atoms with Gasteiger partial charge < -0.3 is 25.1 Å². The fourth-order valence-electron chi connectivity index (χ4n) is 5.40. The van der Waals surface area contributed by atoms with Gasteiger partial charge in [0.1, 0.15) is 27.1 Å². The van der Waals surface area contributed by atoms with E-state index in [1.165, 1.54) is 18.4 Å². The lowest BCUT2D eigenvalue weighted by Gasteiger charge is -2.31. The number of ether oxygens (including phenoxy) is 3. The maximum absolute atomic E-state index is 14.2. The molecule has 1 aliphatic rings.